The van der Waals surface area contributed by atoms with Crippen LogP contribution >= 0.6 is 11.3 Å². The summed E-state index contributed by atoms with van der Waals surface area (Å²) in [5.74, 6) is -0.288. The van der Waals surface area contributed by atoms with Crippen LogP contribution in [0.3, 0.4) is 0 Å². The van der Waals surface area contributed by atoms with Gasteiger partial charge in [-0.3, -0.25) is 9.59 Å². The van der Waals surface area contributed by atoms with Gasteiger partial charge in [-0.05, 0) is 62.4 Å². The van der Waals surface area contributed by atoms with Crippen LogP contribution in [0.2, 0.25) is 0 Å². The number of aryl methyl sites for hydroxylation is 2. The van der Waals surface area contributed by atoms with Crippen molar-refractivity contribution in [1.29, 1.82) is 0 Å². The van der Waals surface area contributed by atoms with Gasteiger partial charge in [-0.2, -0.15) is 5.10 Å². The maximum absolute atomic E-state index is 12.9. The summed E-state index contributed by atoms with van der Waals surface area (Å²) in [5, 5.41) is 9.33. The van der Waals surface area contributed by atoms with E-state index in [1.807, 2.05) is 49.6 Å². The molecular formula is C20H21N3O2S. The Morgan fingerprint density at radius 1 is 1.15 bits per heavy atom. The van der Waals surface area contributed by atoms with E-state index in [1.165, 1.54) is 22.1 Å². The molecule has 0 saturated carbocycles. The highest BCUT2D eigenvalue weighted by molar-refractivity contribution is 7.13. The van der Waals surface area contributed by atoms with Crippen molar-refractivity contribution in [1.82, 2.24) is 9.78 Å². The molecule has 1 N–H and O–H groups in total. The van der Waals surface area contributed by atoms with E-state index in [2.05, 4.69) is 10.4 Å². The van der Waals surface area contributed by atoms with Crippen molar-refractivity contribution in [3.8, 4) is 10.6 Å². The van der Waals surface area contributed by atoms with Crippen molar-refractivity contribution in [3.63, 3.8) is 0 Å². The van der Waals surface area contributed by atoms with E-state index in [0.717, 1.165) is 21.7 Å². The third-order valence-corrected chi connectivity index (χ3v) is 5.19. The van der Waals surface area contributed by atoms with Gasteiger partial charge in [0, 0.05) is 11.8 Å². The molecule has 0 fully saturated rings. The number of nitrogens with one attached hydrogen (secondary N) is 1. The first-order chi connectivity index (χ1) is 12.3. The number of thiophene rings is 1. The second kappa shape index (κ2) is 6.88. The Bertz CT molecular complexity index is 1000. The number of amides is 1. The molecule has 1 aromatic carbocycles. The van der Waals surface area contributed by atoms with Crippen LogP contribution in [0.15, 0.2) is 52.6 Å². The highest BCUT2D eigenvalue weighted by atomic mass is 32.1. The van der Waals surface area contributed by atoms with Gasteiger partial charge in [0.2, 0.25) is 0 Å². The zero-order chi connectivity index (χ0) is 18.9. The molecule has 0 saturated heterocycles. The Labute approximate surface area is 156 Å². The quantitative estimate of drug-likeness (QED) is 0.759. The third kappa shape index (κ3) is 3.46. The van der Waals surface area contributed by atoms with E-state index in [0.29, 0.717) is 5.69 Å². The summed E-state index contributed by atoms with van der Waals surface area (Å²) in [5.41, 5.74) is 1.98. The predicted molar refractivity (Wildman–Crippen MR) is 106 cm³/mol. The van der Waals surface area contributed by atoms with Crippen LogP contribution in [0, 0.1) is 13.8 Å². The molecule has 3 aromatic rings. The normalized spacial score (nSPS) is 11.4. The van der Waals surface area contributed by atoms with E-state index in [9.17, 15) is 9.59 Å². The molecule has 6 heteroatoms. The van der Waals surface area contributed by atoms with Gasteiger partial charge < -0.3 is 5.32 Å². The van der Waals surface area contributed by atoms with Crippen molar-refractivity contribution in [2.75, 3.05) is 5.32 Å². The van der Waals surface area contributed by atoms with Gasteiger partial charge >= 0.3 is 0 Å². The van der Waals surface area contributed by atoms with Crippen LogP contribution in [0.25, 0.3) is 10.6 Å². The molecular weight excluding hydrogens is 346 g/mol. The topological polar surface area (TPSA) is 64.0 Å². The zero-order valence-corrected chi connectivity index (χ0v) is 16.1. The first-order valence-electron chi connectivity index (χ1n) is 8.32. The van der Waals surface area contributed by atoms with Crippen molar-refractivity contribution in [3.05, 3.63) is 69.3 Å². The highest BCUT2D eigenvalue weighted by Gasteiger charge is 2.32. The lowest BCUT2D eigenvalue weighted by Crippen LogP contribution is -2.47. The van der Waals surface area contributed by atoms with Gasteiger partial charge in [0.25, 0.3) is 11.5 Å². The Morgan fingerprint density at radius 2 is 1.92 bits per heavy atom. The molecule has 2 aromatic heterocycles. The number of anilines is 1. The Kier molecular flexibility index (Phi) is 4.78. The fraction of sp³-hybridized carbons (Fsp3) is 0.250. The minimum Gasteiger partial charge on any atom is -0.324 e. The van der Waals surface area contributed by atoms with E-state index in [4.69, 9.17) is 0 Å². The maximum atomic E-state index is 12.9. The summed E-state index contributed by atoms with van der Waals surface area (Å²) in [6.07, 6.45) is 0. The van der Waals surface area contributed by atoms with Crippen molar-refractivity contribution >= 4 is 22.9 Å². The Morgan fingerprint density at radius 3 is 2.62 bits per heavy atom. The Balaban J connectivity index is 1.96. The smallest absolute Gasteiger partial charge is 0.267 e. The number of nitrogens with zero attached hydrogens (tertiary/aromatic N) is 2. The molecule has 0 radical (unpaired) electrons. The first-order valence-corrected chi connectivity index (χ1v) is 9.20. The summed E-state index contributed by atoms with van der Waals surface area (Å²) in [6.45, 7) is 7.29. The van der Waals surface area contributed by atoms with Gasteiger partial charge in [-0.1, -0.05) is 18.2 Å². The van der Waals surface area contributed by atoms with Crippen LogP contribution in [0.5, 0.6) is 0 Å². The lowest BCUT2D eigenvalue weighted by Gasteiger charge is -2.25. The first kappa shape index (κ1) is 18.1. The fourth-order valence-corrected chi connectivity index (χ4v) is 3.30. The lowest BCUT2D eigenvalue weighted by atomic mass is 10.0. The second-order valence-corrected chi connectivity index (χ2v) is 7.73. The fourth-order valence-electron chi connectivity index (χ4n) is 2.61. The van der Waals surface area contributed by atoms with E-state index < -0.39 is 5.54 Å². The molecule has 0 aliphatic heterocycles. The van der Waals surface area contributed by atoms with Crippen LogP contribution in [0.1, 0.15) is 25.0 Å². The summed E-state index contributed by atoms with van der Waals surface area (Å²) in [6, 6.07) is 12.9. The summed E-state index contributed by atoms with van der Waals surface area (Å²) in [4.78, 5) is 26.3. The molecule has 0 aliphatic carbocycles. The lowest BCUT2D eigenvalue weighted by molar-refractivity contribution is -0.123. The van der Waals surface area contributed by atoms with Gasteiger partial charge in [-0.15, -0.1) is 11.3 Å². The minimum absolute atomic E-state index is 0.288. The van der Waals surface area contributed by atoms with Crippen molar-refractivity contribution < 1.29 is 4.79 Å². The van der Waals surface area contributed by atoms with Crippen LogP contribution < -0.4 is 10.9 Å². The van der Waals surface area contributed by atoms with Gasteiger partial charge in [0.05, 0.1) is 4.88 Å². The van der Waals surface area contributed by atoms with Gasteiger partial charge in [-0.25, -0.2) is 4.68 Å². The number of hydrogen-bond acceptors (Lipinski definition) is 4. The molecule has 5 nitrogen and oxygen atoms in total. The summed E-state index contributed by atoms with van der Waals surface area (Å²) in [7, 11) is 0. The molecule has 3 rings (SSSR count). The molecule has 2 heterocycles. The summed E-state index contributed by atoms with van der Waals surface area (Å²) >= 11 is 1.54. The molecule has 0 atom stereocenters. The molecule has 26 heavy (non-hydrogen) atoms. The predicted octanol–water partition coefficient (Wildman–Crippen LogP) is 3.96. The molecule has 0 spiro atoms. The third-order valence-electron chi connectivity index (χ3n) is 4.30. The monoisotopic (exact) mass is 367 g/mol. The van der Waals surface area contributed by atoms with E-state index in [-0.39, 0.29) is 11.5 Å². The molecule has 0 aliphatic rings. The SMILES string of the molecule is Cc1ccc(C)c(NC(=O)C(C)(C)n2nc(-c3cccs3)ccc2=O)c1. The molecule has 1 amide bonds. The van der Waals surface area contributed by atoms with Crippen molar-refractivity contribution in [2.45, 2.75) is 33.2 Å². The summed E-state index contributed by atoms with van der Waals surface area (Å²) < 4.78 is 1.25. The minimum atomic E-state index is -1.14. The van der Waals surface area contributed by atoms with Gasteiger partial charge in [0.15, 0.2) is 0 Å². The number of carbonyl (C=O) groups is 1. The highest BCUT2D eigenvalue weighted by Crippen LogP contribution is 2.24. The maximum Gasteiger partial charge on any atom is 0.267 e. The molecule has 0 unspecified atom stereocenters. The van der Waals surface area contributed by atoms with Crippen LogP contribution in [-0.2, 0) is 10.3 Å². The standard InChI is InChI=1S/C20H21N3O2S/c1-13-7-8-14(2)16(12-13)21-19(25)20(3,4)23-18(24)10-9-15(22-23)17-6-5-11-26-17/h5-12H,1-4H3,(H,21,25). The van der Waals surface area contributed by atoms with Gasteiger partial charge in [0.1, 0.15) is 11.2 Å². The largest absolute Gasteiger partial charge is 0.324 e. The van der Waals surface area contributed by atoms with Crippen molar-refractivity contribution in [2.24, 2.45) is 0 Å². The zero-order valence-electron chi connectivity index (χ0n) is 15.2. The molecule has 0 bridgehead atoms. The number of rotatable bonds is 4. The van der Waals surface area contributed by atoms with E-state index in [1.54, 1.807) is 19.9 Å². The Hall–Kier alpha value is -2.73. The van der Waals surface area contributed by atoms with Crippen LogP contribution in [-0.4, -0.2) is 15.7 Å². The number of carbonyl (C=O) groups excluding carboxylic acids is 1. The number of hydrogen-bond donors (Lipinski definition) is 1. The average Bonchev–Trinajstić information content (AvgIpc) is 3.13. The second-order valence-electron chi connectivity index (χ2n) is 6.78. The average molecular weight is 367 g/mol. The number of benzene rings is 1. The van der Waals surface area contributed by atoms with Crippen LogP contribution in [0.4, 0.5) is 5.69 Å². The van der Waals surface area contributed by atoms with E-state index >= 15 is 0 Å². The molecule has 134 valence electrons. The number of aromatic nitrogens is 2.